The lowest BCUT2D eigenvalue weighted by molar-refractivity contribution is -0.127. The predicted octanol–water partition coefficient (Wildman–Crippen LogP) is 2.52. The van der Waals surface area contributed by atoms with E-state index < -0.39 is 0 Å². The third-order valence-electron chi connectivity index (χ3n) is 5.27. The van der Waals surface area contributed by atoms with E-state index in [1.807, 2.05) is 17.0 Å². The maximum atomic E-state index is 12.4. The van der Waals surface area contributed by atoms with Gasteiger partial charge in [-0.1, -0.05) is 12.1 Å². The Kier molecular flexibility index (Phi) is 4.53. The van der Waals surface area contributed by atoms with Gasteiger partial charge in [0.25, 0.3) is 0 Å². The molecule has 0 bridgehead atoms. The van der Waals surface area contributed by atoms with Crippen molar-refractivity contribution >= 4 is 12.0 Å². The molecule has 1 amide bonds. The fourth-order valence-corrected chi connectivity index (χ4v) is 3.77. The van der Waals surface area contributed by atoms with Crippen molar-refractivity contribution in [3.63, 3.8) is 0 Å². The van der Waals surface area contributed by atoms with Crippen molar-refractivity contribution in [1.29, 1.82) is 5.26 Å². The zero-order chi connectivity index (χ0) is 17.9. The van der Waals surface area contributed by atoms with Crippen molar-refractivity contribution in [3.05, 3.63) is 53.1 Å². The minimum Gasteiger partial charge on any atom is -0.339 e. The Morgan fingerprint density at radius 3 is 2.65 bits per heavy atom. The quantitative estimate of drug-likeness (QED) is 0.800. The summed E-state index contributed by atoms with van der Waals surface area (Å²) in [6.07, 6.45) is 7.50. The number of nitrogens with zero attached hydrogens (tertiary/aromatic N) is 5. The predicted molar refractivity (Wildman–Crippen MR) is 97.1 cm³/mol. The topological polar surface area (TPSA) is 74.8 Å². The minimum absolute atomic E-state index is 0.0410. The van der Waals surface area contributed by atoms with Crippen LogP contribution in [0.4, 0.5) is 0 Å². The third-order valence-corrected chi connectivity index (χ3v) is 5.27. The standard InChI is InChI=1S/C20H21N5O/c21-14-16-5-3-15(4-6-16)7-8-19(26)24-12-9-17(10-13-24)20-23-22-18-2-1-11-25(18)20/h3-8,17H,1-2,9-13H2. The van der Waals surface area contributed by atoms with Crippen LogP contribution in [0.3, 0.4) is 0 Å². The molecular weight excluding hydrogens is 326 g/mol. The second kappa shape index (κ2) is 7.12. The average molecular weight is 347 g/mol. The number of aromatic nitrogens is 3. The summed E-state index contributed by atoms with van der Waals surface area (Å²) >= 11 is 0. The molecule has 0 saturated carbocycles. The highest BCUT2D eigenvalue weighted by atomic mass is 16.2. The van der Waals surface area contributed by atoms with E-state index >= 15 is 0 Å². The van der Waals surface area contributed by atoms with Crippen LogP contribution in [0.15, 0.2) is 30.3 Å². The maximum Gasteiger partial charge on any atom is 0.246 e. The molecule has 0 unspecified atom stereocenters. The fraction of sp³-hybridized carbons (Fsp3) is 0.400. The van der Waals surface area contributed by atoms with Gasteiger partial charge in [0.15, 0.2) is 0 Å². The van der Waals surface area contributed by atoms with Gasteiger partial charge in [0.1, 0.15) is 11.6 Å². The number of nitriles is 1. The van der Waals surface area contributed by atoms with Gasteiger partial charge in [0, 0.05) is 38.0 Å². The van der Waals surface area contributed by atoms with E-state index in [1.165, 1.54) is 0 Å². The molecule has 6 heteroatoms. The summed E-state index contributed by atoms with van der Waals surface area (Å²) in [7, 11) is 0. The van der Waals surface area contributed by atoms with E-state index in [-0.39, 0.29) is 5.91 Å². The number of piperidine rings is 1. The maximum absolute atomic E-state index is 12.4. The van der Waals surface area contributed by atoms with E-state index in [4.69, 9.17) is 5.26 Å². The van der Waals surface area contributed by atoms with Gasteiger partial charge in [-0.2, -0.15) is 5.26 Å². The number of hydrogen-bond acceptors (Lipinski definition) is 4. The second-order valence-electron chi connectivity index (χ2n) is 6.90. The lowest BCUT2D eigenvalue weighted by atomic mass is 9.96. The van der Waals surface area contributed by atoms with Crippen molar-refractivity contribution < 1.29 is 4.79 Å². The van der Waals surface area contributed by atoms with Crippen molar-refractivity contribution in [1.82, 2.24) is 19.7 Å². The lowest BCUT2D eigenvalue weighted by Gasteiger charge is -2.30. The number of aryl methyl sites for hydroxylation is 1. The molecule has 0 spiro atoms. The van der Waals surface area contributed by atoms with Crippen LogP contribution in [-0.2, 0) is 17.8 Å². The largest absolute Gasteiger partial charge is 0.339 e. The number of fused-ring (bicyclic) bond motifs is 1. The van der Waals surface area contributed by atoms with E-state index in [0.717, 1.165) is 62.5 Å². The molecule has 0 radical (unpaired) electrons. The summed E-state index contributed by atoms with van der Waals surface area (Å²) in [5.41, 5.74) is 1.54. The van der Waals surface area contributed by atoms with Gasteiger partial charge >= 0.3 is 0 Å². The van der Waals surface area contributed by atoms with Gasteiger partial charge < -0.3 is 9.47 Å². The molecular formula is C20H21N5O. The zero-order valence-electron chi connectivity index (χ0n) is 14.6. The van der Waals surface area contributed by atoms with Crippen molar-refractivity contribution in [2.75, 3.05) is 13.1 Å². The Labute approximate surface area is 152 Å². The Hall–Kier alpha value is -2.94. The number of hydrogen-bond donors (Lipinski definition) is 0. The van der Waals surface area contributed by atoms with E-state index in [9.17, 15) is 4.79 Å². The van der Waals surface area contributed by atoms with Crippen LogP contribution in [-0.4, -0.2) is 38.7 Å². The number of amides is 1. The number of benzene rings is 1. The number of carbonyl (C=O) groups is 1. The molecule has 4 rings (SSSR count). The van der Waals surface area contributed by atoms with Gasteiger partial charge in [0.2, 0.25) is 5.91 Å². The highest BCUT2D eigenvalue weighted by molar-refractivity contribution is 5.91. The zero-order valence-corrected chi connectivity index (χ0v) is 14.6. The third kappa shape index (κ3) is 3.25. The van der Waals surface area contributed by atoms with Crippen molar-refractivity contribution in [2.24, 2.45) is 0 Å². The molecule has 0 atom stereocenters. The molecule has 2 aliphatic heterocycles. The first-order valence-electron chi connectivity index (χ1n) is 9.14. The number of rotatable bonds is 3. The molecule has 1 fully saturated rings. The van der Waals surface area contributed by atoms with Crippen LogP contribution in [0, 0.1) is 11.3 Å². The van der Waals surface area contributed by atoms with E-state index in [1.54, 1.807) is 24.3 Å². The highest BCUT2D eigenvalue weighted by Crippen LogP contribution is 2.29. The molecule has 6 nitrogen and oxygen atoms in total. The van der Waals surface area contributed by atoms with Gasteiger partial charge in [0.05, 0.1) is 11.6 Å². The fourth-order valence-electron chi connectivity index (χ4n) is 3.77. The summed E-state index contributed by atoms with van der Waals surface area (Å²) in [6, 6.07) is 9.30. The van der Waals surface area contributed by atoms with E-state index in [2.05, 4.69) is 20.8 Å². The van der Waals surface area contributed by atoms with Gasteiger partial charge in [-0.05, 0) is 43.0 Å². The highest BCUT2D eigenvalue weighted by Gasteiger charge is 2.28. The van der Waals surface area contributed by atoms with Crippen molar-refractivity contribution in [3.8, 4) is 6.07 Å². The molecule has 132 valence electrons. The summed E-state index contributed by atoms with van der Waals surface area (Å²) in [6.45, 7) is 2.54. The molecule has 26 heavy (non-hydrogen) atoms. The smallest absolute Gasteiger partial charge is 0.246 e. The number of likely N-dealkylation sites (tertiary alicyclic amines) is 1. The second-order valence-corrected chi connectivity index (χ2v) is 6.90. The van der Waals surface area contributed by atoms with Gasteiger partial charge in [-0.15, -0.1) is 10.2 Å². The Bertz CT molecular complexity index is 867. The molecule has 2 aliphatic rings. The minimum atomic E-state index is 0.0410. The molecule has 1 saturated heterocycles. The van der Waals surface area contributed by atoms with Crippen LogP contribution in [0.5, 0.6) is 0 Å². The number of carbonyl (C=O) groups excluding carboxylic acids is 1. The van der Waals surface area contributed by atoms with Crippen LogP contribution in [0.1, 0.15) is 48.0 Å². The van der Waals surface area contributed by atoms with Crippen LogP contribution < -0.4 is 0 Å². The van der Waals surface area contributed by atoms with Crippen LogP contribution in [0.25, 0.3) is 6.08 Å². The molecule has 3 heterocycles. The Morgan fingerprint density at radius 2 is 1.92 bits per heavy atom. The Morgan fingerprint density at radius 1 is 1.15 bits per heavy atom. The SMILES string of the molecule is N#Cc1ccc(C=CC(=O)N2CCC(c3nnc4n3CCC4)CC2)cc1. The lowest BCUT2D eigenvalue weighted by Crippen LogP contribution is -2.37. The Balaban J connectivity index is 1.34. The molecule has 0 aliphatic carbocycles. The normalized spacial score (nSPS) is 17.4. The molecule has 1 aromatic carbocycles. The summed E-state index contributed by atoms with van der Waals surface area (Å²) in [5, 5.41) is 17.5. The summed E-state index contributed by atoms with van der Waals surface area (Å²) < 4.78 is 2.27. The van der Waals surface area contributed by atoms with Gasteiger partial charge in [-0.25, -0.2) is 0 Å². The van der Waals surface area contributed by atoms with E-state index in [0.29, 0.717) is 11.5 Å². The first-order valence-corrected chi connectivity index (χ1v) is 9.14. The van der Waals surface area contributed by atoms with Gasteiger partial charge in [-0.3, -0.25) is 4.79 Å². The molecule has 2 aromatic rings. The average Bonchev–Trinajstić information content (AvgIpc) is 3.30. The first-order chi connectivity index (χ1) is 12.7. The van der Waals surface area contributed by atoms with Crippen LogP contribution >= 0.6 is 0 Å². The van der Waals surface area contributed by atoms with Crippen LogP contribution in [0.2, 0.25) is 0 Å². The monoisotopic (exact) mass is 347 g/mol. The van der Waals surface area contributed by atoms with Crippen molar-refractivity contribution in [2.45, 2.75) is 38.1 Å². The molecule has 0 N–H and O–H groups in total. The summed E-state index contributed by atoms with van der Waals surface area (Å²) in [5.74, 6) is 2.67. The summed E-state index contributed by atoms with van der Waals surface area (Å²) in [4.78, 5) is 14.3. The molecule has 1 aromatic heterocycles. The first kappa shape index (κ1) is 16.5.